The number of fused-ring (bicyclic) bond motifs is 6. The van der Waals surface area contributed by atoms with Crippen molar-refractivity contribution >= 4 is 77.6 Å². The predicted molar refractivity (Wildman–Crippen MR) is 203 cm³/mol. The molecule has 0 saturated carbocycles. The predicted octanol–water partition coefficient (Wildman–Crippen LogP) is 12.7. The van der Waals surface area contributed by atoms with Gasteiger partial charge in [-0.3, -0.25) is 0 Å². The Bertz CT molecular complexity index is 2650. The molecule has 0 aliphatic rings. The topological polar surface area (TPSA) is 43.4 Å². The van der Waals surface area contributed by atoms with E-state index in [0.29, 0.717) is 5.56 Å². The van der Waals surface area contributed by atoms with Crippen molar-refractivity contribution in [1.82, 2.24) is 0 Å². The summed E-state index contributed by atoms with van der Waals surface area (Å²) in [6.45, 7) is 0. The van der Waals surface area contributed by atoms with Gasteiger partial charge in [0, 0.05) is 44.9 Å². The van der Waals surface area contributed by atoms with Gasteiger partial charge in [0.15, 0.2) is 0 Å². The van der Waals surface area contributed by atoms with E-state index in [9.17, 15) is 5.26 Å². The highest BCUT2D eigenvalue weighted by Gasteiger charge is 2.18. The van der Waals surface area contributed by atoms with Crippen LogP contribution < -0.4 is 9.80 Å². The molecule has 0 saturated heterocycles. The first kappa shape index (κ1) is 28.4. The van der Waals surface area contributed by atoms with Gasteiger partial charge in [-0.25, -0.2) is 0 Å². The van der Waals surface area contributed by atoms with Gasteiger partial charge in [0.25, 0.3) is 0 Å². The molecule has 9 aromatic rings. The van der Waals surface area contributed by atoms with Crippen LogP contribution in [0, 0.1) is 11.3 Å². The summed E-state index contributed by atoms with van der Waals surface area (Å²) in [5.41, 5.74) is 8.43. The minimum Gasteiger partial charge on any atom is -0.456 e. The van der Waals surface area contributed by atoms with E-state index in [-0.39, 0.29) is 0 Å². The molecule has 4 nitrogen and oxygen atoms in total. The summed E-state index contributed by atoms with van der Waals surface area (Å²) >= 11 is 0. The highest BCUT2D eigenvalue weighted by molar-refractivity contribution is 6.17. The standard InChI is InChI=1S/C45H29N3O/c46-30-31-11-9-16-36(25-31)48(38-18-10-17-37(27-38)47(34-12-3-1-4-13-34)35-14-5-2-6-15-35)39-24-23-32-21-22-33-26-45-43(29-42(33)41(32)28-39)40-19-7-8-20-44(40)49-45/h1-29H. The highest BCUT2D eigenvalue weighted by atomic mass is 16.3. The van der Waals surface area contributed by atoms with E-state index in [4.69, 9.17) is 4.42 Å². The van der Waals surface area contributed by atoms with Crippen LogP contribution in [0.4, 0.5) is 34.1 Å². The number of furan rings is 1. The Kier molecular flexibility index (Phi) is 6.81. The number of hydrogen-bond acceptors (Lipinski definition) is 4. The smallest absolute Gasteiger partial charge is 0.136 e. The van der Waals surface area contributed by atoms with Crippen molar-refractivity contribution in [2.75, 3.05) is 9.80 Å². The first-order valence-corrected chi connectivity index (χ1v) is 16.3. The maximum atomic E-state index is 9.87. The van der Waals surface area contributed by atoms with Crippen molar-refractivity contribution in [2.45, 2.75) is 0 Å². The van der Waals surface area contributed by atoms with Crippen LogP contribution in [-0.4, -0.2) is 0 Å². The molecule has 0 radical (unpaired) electrons. The van der Waals surface area contributed by atoms with E-state index < -0.39 is 0 Å². The third-order valence-electron chi connectivity index (χ3n) is 9.18. The van der Waals surface area contributed by atoms with Gasteiger partial charge in [-0.15, -0.1) is 0 Å². The van der Waals surface area contributed by atoms with Crippen LogP contribution in [0.3, 0.4) is 0 Å². The molecule has 0 amide bonds. The van der Waals surface area contributed by atoms with Crippen molar-refractivity contribution in [1.29, 1.82) is 5.26 Å². The van der Waals surface area contributed by atoms with E-state index >= 15 is 0 Å². The fraction of sp³-hybridized carbons (Fsp3) is 0. The summed E-state index contributed by atoms with van der Waals surface area (Å²) in [6, 6.07) is 63.2. The Morgan fingerprint density at radius 2 is 0.918 bits per heavy atom. The molecule has 0 unspecified atom stereocenters. The number of benzene rings is 8. The normalized spacial score (nSPS) is 11.2. The van der Waals surface area contributed by atoms with Gasteiger partial charge in [0.1, 0.15) is 11.2 Å². The number of rotatable bonds is 6. The summed E-state index contributed by atoms with van der Waals surface area (Å²) in [6.07, 6.45) is 0. The summed E-state index contributed by atoms with van der Waals surface area (Å²) in [5.74, 6) is 0. The van der Waals surface area contributed by atoms with Gasteiger partial charge in [-0.2, -0.15) is 5.26 Å². The Morgan fingerprint density at radius 3 is 1.65 bits per heavy atom. The summed E-state index contributed by atoms with van der Waals surface area (Å²) < 4.78 is 6.23. The molecule has 4 heteroatoms. The largest absolute Gasteiger partial charge is 0.456 e. The van der Waals surface area contributed by atoms with Crippen LogP contribution in [0.15, 0.2) is 180 Å². The van der Waals surface area contributed by atoms with Gasteiger partial charge in [0.05, 0.1) is 11.6 Å². The van der Waals surface area contributed by atoms with E-state index in [1.54, 1.807) is 0 Å². The monoisotopic (exact) mass is 627 g/mol. The van der Waals surface area contributed by atoms with Gasteiger partial charge in [-0.05, 0) is 113 Å². The lowest BCUT2D eigenvalue weighted by atomic mass is 9.99. The summed E-state index contributed by atoms with van der Waals surface area (Å²) in [7, 11) is 0. The number of hydrogen-bond donors (Lipinski definition) is 0. The third kappa shape index (κ3) is 5.02. The van der Waals surface area contributed by atoms with Crippen LogP contribution in [0.25, 0.3) is 43.5 Å². The second kappa shape index (κ2) is 11.8. The average Bonchev–Trinajstić information content (AvgIpc) is 3.53. The zero-order valence-electron chi connectivity index (χ0n) is 26.5. The average molecular weight is 628 g/mol. The van der Waals surface area contributed by atoms with Crippen LogP contribution in [0.1, 0.15) is 5.56 Å². The molecular weight excluding hydrogens is 599 g/mol. The second-order valence-corrected chi connectivity index (χ2v) is 12.2. The van der Waals surface area contributed by atoms with Gasteiger partial charge in [0.2, 0.25) is 0 Å². The maximum Gasteiger partial charge on any atom is 0.136 e. The lowest BCUT2D eigenvalue weighted by Crippen LogP contribution is -2.13. The fourth-order valence-electron chi connectivity index (χ4n) is 6.93. The molecule has 0 N–H and O–H groups in total. The molecule has 0 atom stereocenters. The van der Waals surface area contributed by atoms with Gasteiger partial charge < -0.3 is 14.2 Å². The molecule has 0 aliphatic carbocycles. The zero-order valence-corrected chi connectivity index (χ0v) is 26.5. The lowest BCUT2D eigenvalue weighted by molar-refractivity contribution is 0.669. The van der Waals surface area contributed by atoms with Crippen LogP contribution in [0.2, 0.25) is 0 Å². The Balaban J connectivity index is 1.25. The first-order valence-electron chi connectivity index (χ1n) is 16.3. The van der Waals surface area contributed by atoms with Crippen molar-refractivity contribution < 1.29 is 4.42 Å². The van der Waals surface area contributed by atoms with Crippen molar-refractivity contribution in [3.05, 3.63) is 181 Å². The van der Waals surface area contributed by atoms with Crippen molar-refractivity contribution in [3.8, 4) is 6.07 Å². The Morgan fingerprint density at radius 1 is 0.367 bits per heavy atom. The van der Waals surface area contributed by atoms with Gasteiger partial charge >= 0.3 is 0 Å². The zero-order chi connectivity index (χ0) is 32.7. The van der Waals surface area contributed by atoms with Crippen LogP contribution in [0.5, 0.6) is 0 Å². The molecule has 0 spiro atoms. The second-order valence-electron chi connectivity index (χ2n) is 12.2. The maximum absolute atomic E-state index is 9.87. The van der Waals surface area contributed by atoms with Crippen LogP contribution in [-0.2, 0) is 0 Å². The van der Waals surface area contributed by atoms with E-state index in [0.717, 1.165) is 77.6 Å². The molecule has 1 heterocycles. The molecular formula is C45H29N3O. The number of nitrogens with zero attached hydrogens (tertiary/aromatic N) is 3. The van der Waals surface area contributed by atoms with E-state index in [1.165, 1.54) is 0 Å². The Hall–Kier alpha value is -6.83. The SMILES string of the molecule is N#Cc1cccc(N(c2cccc(N(c3ccccc3)c3ccccc3)c2)c2ccc3ccc4cc5oc6ccccc6c5cc4c3c2)c1. The molecule has 0 aliphatic heterocycles. The minimum atomic E-state index is 0.606. The molecule has 49 heavy (non-hydrogen) atoms. The molecule has 0 bridgehead atoms. The fourth-order valence-corrected chi connectivity index (χ4v) is 6.93. The van der Waals surface area contributed by atoms with Gasteiger partial charge in [-0.1, -0.05) is 84.9 Å². The molecule has 9 rings (SSSR count). The lowest BCUT2D eigenvalue weighted by Gasteiger charge is -2.29. The first-order chi connectivity index (χ1) is 24.2. The quantitative estimate of drug-likeness (QED) is 0.172. The number of para-hydroxylation sites is 3. The molecule has 230 valence electrons. The third-order valence-corrected chi connectivity index (χ3v) is 9.18. The van der Waals surface area contributed by atoms with E-state index in [2.05, 4.69) is 149 Å². The highest BCUT2D eigenvalue weighted by Crippen LogP contribution is 2.42. The summed E-state index contributed by atoms with van der Waals surface area (Å²) in [5, 5.41) is 16.7. The van der Waals surface area contributed by atoms with Crippen molar-refractivity contribution in [2.24, 2.45) is 0 Å². The number of anilines is 6. The van der Waals surface area contributed by atoms with E-state index in [1.807, 2.05) is 42.5 Å². The molecule has 0 fully saturated rings. The van der Waals surface area contributed by atoms with Crippen molar-refractivity contribution in [3.63, 3.8) is 0 Å². The minimum absolute atomic E-state index is 0.606. The summed E-state index contributed by atoms with van der Waals surface area (Å²) in [4.78, 5) is 4.50. The molecule has 1 aromatic heterocycles. The van der Waals surface area contributed by atoms with Crippen LogP contribution >= 0.6 is 0 Å². The Labute approximate surface area is 283 Å². The molecule has 8 aromatic carbocycles. The number of nitriles is 1.